The molecule has 1 saturated carbocycles. The van der Waals surface area contributed by atoms with E-state index in [2.05, 4.69) is 47.9 Å². The highest BCUT2D eigenvalue weighted by Crippen LogP contribution is 2.27. The number of nitrogens with one attached hydrogen (secondary N) is 2. The Labute approximate surface area is 186 Å². The van der Waals surface area contributed by atoms with Crippen LogP contribution in [0.25, 0.3) is 28.2 Å². The Morgan fingerprint density at radius 1 is 0.906 bits per heavy atom. The van der Waals surface area contributed by atoms with Crippen LogP contribution in [0.5, 0.6) is 0 Å². The molecule has 1 aliphatic heterocycles. The van der Waals surface area contributed by atoms with Crippen molar-refractivity contribution in [2.75, 3.05) is 18.4 Å². The number of hydrogen-bond donors (Lipinski definition) is 2. The third-order valence-electron chi connectivity index (χ3n) is 6.58. The molecule has 0 amide bonds. The van der Waals surface area contributed by atoms with Gasteiger partial charge in [0.15, 0.2) is 11.5 Å². The summed E-state index contributed by atoms with van der Waals surface area (Å²) in [6.45, 7) is 2.09. The monoisotopic (exact) mass is 429 g/mol. The van der Waals surface area contributed by atoms with Crippen molar-refractivity contribution in [3.8, 4) is 22.5 Å². The molecule has 0 spiro atoms. The smallest absolute Gasteiger partial charge is 0.187 e. The lowest BCUT2D eigenvalue weighted by atomic mass is 10.1. The molecule has 9 nitrogen and oxygen atoms in total. The van der Waals surface area contributed by atoms with Crippen LogP contribution in [0.3, 0.4) is 0 Å². The predicted molar refractivity (Wildman–Crippen MR) is 122 cm³/mol. The molecule has 9 heteroatoms. The second kappa shape index (κ2) is 8.31. The third kappa shape index (κ3) is 3.73. The fourth-order valence-corrected chi connectivity index (χ4v) is 4.80. The van der Waals surface area contributed by atoms with Crippen molar-refractivity contribution in [2.45, 2.75) is 50.6 Å². The van der Waals surface area contributed by atoms with Gasteiger partial charge < -0.3 is 10.6 Å². The van der Waals surface area contributed by atoms with Crippen molar-refractivity contribution in [2.24, 2.45) is 0 Å². The van der Waals surface area contributed by atoms with Crippen molar-refractivity contribution >= 4 is 11.5 Å². The number of anilines is 1. The fourth-order valence-electron chi connectivity index (χ4n) is 4.80. The Hall–Kier alpha value is -3.33. The molecule has 5 heterocycles. The van der Waals surface area contributed by atoms with Crippen LogP contribution >= 0.6 is 0 Å². The normalized spacial score (nSPS) is 17.9. The Morgan fingerprint density at radius 2 is 1.75 bits per heavy atom. The van der Waals surface area contributed by atoms with E-state index < -0.39 is 0 Å². The first kappa shape index (κ1) is 19.4. The molecule has 6 rings (SSSR count). The lowest BCUT2D eigenvalue weighted by Crippen LogP contribution is -2.29. The van der Waals surface area contributed by atoms with Gasteiger partial charge in [-0.3, -0.25) is 9.67 Å². The van der Waals surface area contributed by atoms with Gasteiger partial charge in [0.1, 0.15) is 5.82 Å². The molecule has 0 atom stereocenters. The Morgan fingerprint density at radius 3 is 2.62 bits per heavy atom. The maximum atomic E-state index is 4.77. The molecule has 2 fully saturated rings. The summed E-state index contributed by atoms with van der Waals surface area (Å²) in [5.41, 5.74) is 3.68. The standard InChI is InChI=1S/C23H27N9/c1-2-4-19(3-1)27-21-5-6-22-28-29-23(32(22)30-21)17-11-16(12-25-13-17)18-14-26-31(15-18)20-7-9-24-10-8-20/h5-6,11-15,19-20,24H,1-4,7-10H2,(H,27,30). The van der Waals surface area contributed by atoms with E-state index in [0.717, 1.165) is 54.1 Å². The van der Waals surface area contributed by atoms with Crippen molar-refractivity contribution in [1.82, 2.24) is 39.9 Å². The molecule has 1 aliphatic carbocycles. The molecule has 0 aromatic carbocycles. The molecule has 0 bridgehead atoms. The molecular formula is C23H27N9. The Balaban J connectivity index is 1.30. The van der Waals surface area contributed by atoms with Crippen LogP contribution < -0.4 is 10.6 Å². The van der Waals surface area contributed by atoms with Gasteiger partial charge >= 0.3 is 0 Å². The maximum Gasteiger partial charge on any atom is 0.187 e. The summed E-state index contributed by atoms with van der Waals surface area (Å²) in [5.74, 6) is 1.55. The van der Waals surface area contributed by atoms with Crippen LogP contribution in [0.1, 0.15) is 44.6 Å². The first-order chi connectivity index (χ1) is 15.8. The molecule has 1 saturated heterocycles. The minimum Gasteiger partial charge on any atom is -0.366 e. The second-order valence-electron chi connectivity index (χ2n) is 8.79. The predicted octanol–water partition coefficient (Wildman–Crippen LogP) is 3.33. The summed E-state index contributed by atoms with van der Waals surface area (Å²) in [7, 11) is 0. The molecule has 4 aromatic heterocycles. The molecule has 32 heavy (non-hydrogen) atoms. The molecule has 0 radical (unpaired) electrons. The van der Waals surface area contributed by atoms with E-state index in [-0.39, 0.29) is 0 Å². The van der Waals surface area contributed by atoms with E-state index in [9.17, 15) is 0 Å². The number of fused-ring (bicyclic) bond motifs is 1. The van der Waals surface area contributed by atoms with E-state index in [4.69, 9.17) is 5.10 Å². The summed E-state index contributed by atoms with van der Waals surface area (Å²) in [4.78, 5) is 4.48. The second-order valence-corrected chi connectivity index (χ2v) is 8.79. The van der Waals surface area contributed by atoms with Crippen molar-refractivity contribution in [3.05, 3.63) is 43.0 Å². The van der Waals surface area contributed by atoms with Crippen LogP contribution in [0, 0.1) is 0 Å². The van der Waals surface area contributed by atoms with Gasteiger partial charge in [0.25, 0.3) is 0 Å². The number of piperidine rings is 1. The first-order valence-electron chi connectivity index (χ1n) is 11.5. The van der Waals surface area contributed by atoms with Gasteiger partial charge in [-0.05, 0) is 57.0 Å². The molecule has 2 aliphatic rings. The lowest BCUT2D eigenvalue weighted by Gasteiger charge is -2.22. The summed E-state index contributed by atoms with van der Waals surface area (Å²) < 4.78 is 3.90. The fraction of sp³-hybridized carbons (Fsp3) is 0.435. The van der Waals surface area contributed by atoms with Gasteiger partial charge in [-0.1, -0.05) is 12.8 Å². The number of aromatic nitrogens is 7. The molecule has 4 aromatic rings. The van der Waals surface area contributed by atoms with Gasteiger partial charge in [0, 0.05) is 41.3 Å². The number of hydrogen-bond acceptors (Lipinski definition) is 7. The van der Waals surface area contributed by atoms with Crippen molar-refractivity contribution in [3.63, 3.8) is 0 Å². The molecular weight excluding hydrogens is 402 g/mol. The zero-order chi connectivity index (χ0) is 21.3. The number of rotatable bonds is 5. The van der Waals surface area contributed by atoms with E-state index in [1.54, 1.807) is 4.52 Å². The van der Waals surface area contributed by atoms with Gasteiger partial charge in [0.05, 0.1) is 12.2 Å². The highest BCUT2D eigenvalue weighted by molar-refractivity contribution is 5.69. The minimum absolute atomic E-state index is 0.455. The summed E-state index contributed by atoms with van der Waals surface area (Å²) in [6.07, 6.45) is 14.9. The minimum atomic E-state index is 0.455. The zero-order valence-corrected chi connectivity index (χ0v) is 18.0. The van der Waals surface area contributed by atoms with Gasteiger partial charge in [-0.15, -0.1) is 15.3 Å². The van der Waals surface area contributed by atoms with Crippen LogP contribution in [0.4, 0.5) is 5.82 Å². The summed E-state index contributed by atoms with van der Waals surface area (Å²) in [5, 5.41) is 25.1. The Bertz CT molecular complexity index is 1220. The van der Waals surface area contributed by atoms with Crippen LogP contribution in [-0.4, -0.2) is 53.7 Å². The Kier molecular flexibility index (Phi) is 5.03. The number of pyridine rings is 1. The van der Waals surface area contributed by atoms with Gasteiger partial charge in [-0.25, -0.2) is 0 Å². The quantitative estimate of drug-likeness (QED) is 0.502. The van der Waals surface area contributed by atoms with Gasteiger partial charge in [-0.2, -0.15) is 9.61 Å². The molecule has 0 unspecified atom stereocenters. The van der Waals surface area contributed by atoms with E-state index in [0.29, 0.717) is 17.9 Å². The van der Waals surface area contributed by atoms with Crippen LogP contribution in [0.2, 0.25) is 0 Å². The van der Waals surface area contributed by atoms with Crippen LogP contribution in [-0.2, 0) is 0 Å². The third-order valence-corrected chi connectivity index (χ3v) is 6.58. The van der Waals surface area contributed by atoms with E-state index >= 15 is 0 Å². The largest absolute Gasteiger partial charge is 0.366 e. The lowest BCUT2D eigenvalue weighted by molar-refractivity contribution is 0.343. The molecule has 2 N–H and O–H groups in total. The average Bonchev–Trinajstić information content (AvgIpc) is 3.61. The highest BCUT2D eigenvalue weighted by Gasteiger charge is 2.18. The van der Waals surface area contributed by atoms with Gasteiger partial charge in [0.2, 0.25) is 0 Å². The average molecular weight is 430 g/mol. The highest BCUT2D eigenvalue weighted by atomic mass is 15.4. The van der Waals surface area contributed by atoms with Crippen molar-refractivity contribution < 1.29 is 0 Å². The number of nitrogens with zero attached hydrogens (tertiary/aromatic N) is 7. The van der Waals surface area contributed by atoms with E-state index in [1.807, 2.05) is 30.7 Å². The SMILES string of the molecule is c1ncc(-c2nnc3ccc(NC4CCCC4)nn23)cc1-c1cnn(C2CCNCC2)c1. The van der Waals surface area contributed by atoms with E-state index in [1.165, 1.54) is 25.7 Å². The summed E-state index contributed by atoms with van der Waals surface area (Å²) >= 11 is 0. The van der Waals surface area contributed by atoms with Crippen molar-refractivity contribution in [1.29, 1.82) is 0 Å². The first-order valence-corrected chi connectivity index (χ1v) is 11.5. The molecule has 164 valence electrons. The zero-order valence-electron chi connectivity index (χ0n) is 18.0. The maximum absolute atomic E-state index is 4.77. The van der Waals surface area contributed by atoms with Crippen LogP contribution in [0.15, 0.2) is 43.0 Å². The summed E-state index contributed by atoms with van der Waals surface area (Å²) in [6, 6.07) is 6.99. The topological polar surface area (TPSA) is 97.8 Å².